The van der Waals surface area contributed by atoms with E-state index in [1.165, 1.54) is 0 Å². The first kappa shape index (κ1) is 17.2. The topological polar surface area (TPSA) is 106 Å². The maximum absolute atomic E-state index is 12.2. The van der Waals surface area contributed by atoms with Crippen molar-refractivity contribution in [3.05, 3.63) is 60.2 Å². The van der Waals surface area contributed by atoms with Gasteiger partial charge in [-0.15, -0.1) is 5.10 Å². The van der Waals surface area contributed by atoms with Gasteiger partial charge in [0.1, 0.15) is 0 Å². The summed E-state index contributed by atoms with van der Waals surface area (Å²) in [5.41, 5.74) is 1.65. The zero-order valence-corrected chi connectivity index (χ0v) is 13.9. The highest BCUT2D eigenvalue weighted by molar-refractivity contribution is 6.03. The smallest absolute Gasteiger partial charge is 0.411 e. The first-order valence-corrected chi connectivity index (χ1v) is 7.90. The molecule has 0 atom stereocenters. The summed E-state index contributed by atoms with van der Waals surface area (Å²) in [7, 11) is 0. The van der Waals surface area contributed by atoms with Crippen LogP contribution in [0.1, 0.15) is 17.3 Å². The standard InChI is InChI=1S/C18H16N4O4/c1-2-25-18(24)19-14-10-8-12(9-11-14)15(23)20-17-22-21-16(26-17)13-6-4-3-5-7-13/h3-11H,2H2,1H3,(H,19,24)(H,20,22,23). The van der Waals surface area contributed by atoms with Gasteiger partial charge in [-0.25, -0.2) is 4.79 Å². The van der Waals surface area contributed by atoms with Crippen molar-refractivity contribution in [2.75, 3.05) is 17.2 Å². The van der Waals surface area contributed by atoms with Gasteiger partial charge >= 0.3 is 12.1 Å². The number of benzene rings is 2. The van der Waals surface area contributed by atoms with Crippen molar-refractivity contribution in [2.45, 2.75) is 6.92 Å². The number of ether oxygens (including phenoxy) is 1. The minimum atomic E-state index is -0.552. The number of anilines is 2. The Kier molecular flexibility index (Phi) is 5.23. The van der Waals surface area contributed by atoms with Crippen LogP contribution in [0.3, 0.4) is 0 Å². The van der Waals surface area contributed by atoms with Gasteiger partial charge in [-0.2, -0.15) is 0 Å². The van der Waals surface area contributed by atoms with Crippen LogP contribution >= 0.6 is 0 Å². The fraction of sp³-hybridized carbons (Fsp3) is 0.111. The molecule has 2 N–H and O–H groups in total. The summed E-state index contributed by atoms with van der Waals surface area (Å²) in [5.74, 6) is -0.0918. The fourth-order valence-corrected chi connectivity index (χ4v) is 2.13. The van der Waals surface area contributed by atoms with Gasteiger partial charge in [-0.05, 0) is 43.3 Å². The van der Waals surface area contributed by atoms with Crippen molar-refractivity contribution in [1.82, 2.24) is 10.2 Å². The van der Waals surface area contributed by atoms with Gasteiger partial charge in [0.2, 0.25) is 5.89 Å². The van der Waals surface area contributed by atoms with E-state index in [1.54, 1.807) is 31.2 Å². The lowest BCUT2D eigenvalue weighted by Gasteiger charge is -2.06. The summed E-state index contributed by atoms with van der Waals surface area (Å²) in [5, 5.41) is 12.8. The van der Waals surface area contributed by atoms with Crippen LogP contribution in [0.25, 0.3) is 11.5 Å². The average molecular weight is 352 g/mol. The SMILES string of the molecule is CCOC(=O)Nc1ccc(C(=O)Nc2nnc(-c3ccccc3)o2)cc1. The average Bonchev–Trinajstić information content (AvgIpc) is 3.12. The number of carbonyl (C=O) groups excluding carboxylic acids is 2. The molecule has 0 aliphatic rings. The molecule has 0 radical (unpaired) electrons. The first-order chi connectivity index (χ1) is 12.7. The highest BCUT2D eigenvalue weighted by Gasteiger charge is 2.13. The highest BCUT2D eigenvalue weighted by atomic mass is 16.5. The molecule has 8 heteroatoms. The Balaban J connectivity index is 1.63. The van der Waals surface area contributed by atoms with Gasteiger partial charge in [0, 0.05) is 16.8 Å². The molecule has 132 valence electrons. The minimum absolute atomic E-state index is 0.00239. The molecule has 0 aliphatic heterocycles. The number of carbonyl (C=O) groups is 2. The van der Waals surface area contributed by atoms with Crippen molar-refractivity contribution in [3.63, 3.8) is 0 Å². The third-order valence-electron chi connectivity index (χ3n) is 3.34. The van der Waals surface area contributed by atoms with Gasteiger partial charge in [0.05, 0.1) is 6.61 Å². The van der Waals surface area contributed by atoms with Crippen molar-refractivity contribution in [3.8, 4) is 11.5 Å². The summed E-state index contributed by atoms with van der Waals surface area (Å²) in [6.07, 6.45) is -0.552. The molecule has 0 spiro atoms. The van der Waals surface area contributed by atoms with Gasteiger partial charge in [0.25, 0.3) is 5.91 Å². The second-order valence-electron chi connectivity index (χ2n) is 5.16. The Morgan fingerprint density at radius 2 is 1.73 bits per heavy atom. The molecule has 0 aliphatic carbocycles. The van der Waals surface area contributed by atoms with E-state index in [0.717, 1.165) is 5.56 Å². The molecular formula is C18H16N4O4. The molecule has 0 fully saturated rings. The van der Waals surface area contributed by atoms with Crippen LogP contribution in [0.15, 0.2) is 59.0 Å². The monoisotopic (exact) mass is 352 g/mol. The maximum atomic E-state index is 12.2. The van der Waals surface area contributed by atoms with Crippen LogP contribution in [-0.2, 0) is 4.74 Å². The molecule has 26 heavy (non-hydrogen) atoms. The predicted molar refractivity (Wildman–Crippen MR) is 94.8 cm³/mol. The molecule has 2 aromatic carbocycles. The predicted octanol–water partition coefficient (Wildman–Crippen LogP) is 3.56. The second-order valence-corrected chi connectivity index (χ2v) is 5.16. The Bertz CT molecular complexity index is 891. The van der Waals surface area contributed by atoms with E-state index in [-0.39, 0.29) is 12.6 Å². The third kappa shape index (κ3) is 4.23. The number of rotatable bonds is 5. The second kappa shape index (κ2) is 7.93. The Hall–Kier alpha value is -3.68. The molecule has 0 unspecified atom stereocenters. The Morgan fingerprint density at radius 1 is 1.00 bits per heavy atom. The van der Waals surface area contributed by atoms with Crippen LogP contribution < -0.4 is 10.6 Å². The molecule has 3 rings (SSSR count). The van der Waals surface area contributed by atoms with Gasteiger partial charge in [-0.3, -0.25) is 15.4 Å². The van der Waals surface area contributed by atoms with Gasteiger partial charge in [0.15, 0.2) is 0 Å². The minimum Gasteiger partial charge on any atom is -0.450 e. The molecule has 8 nitrogen and oxygen atoms in total. The van der Waals surface area contributed by atoms with Crippen LogP contribution in [0.2, 0.25) is 0 Å². The molecule has 2 amide bonds. The van der Waals surface area contributed by atoms with E-state index < -0.39 is 12.0 Å². The van der Waals surface area contributed by atoms with Crippen molar-refractivity contribution >= 4 is 23.7 Å². The largest absolute Gasteiger partial charge is 0.450 e. The third-order valence-corrected chi connectivity index (χ3v) is 3.34. The van der Waals surface area contributed by atoms with E-state index in [4.69, 9.17) is 9.15 Å². The van der Waals surface area contributed by atoms with E-state index in [1.807, 2.05) is 30.3 Å². The van der Waals surface area contributed by atoms with Crippen LogP contribution in [0, 0.1) is 0 Å². The van der Waals surface area contributed by atoms with Crippen molar-refractivity contribution in [2.24, 2.45) is 0 Å². The van der Waals surface area contributed by atoms with E-state index >= 15 is 0 Å². The quantitative estimate of drug-likeness (QED) is 0.727. The zero-order valence-electron chi connectivity index (χ0n) is 13.9. The molecule has 3 aromatic rings. The number of amides is 2. The fourth-order valence-electron chi connectivity index (χ4n) is 2.13. The lowest BCUT2D eigenvalue weighted by Crippen LogP contribution is -2.14. The Labute approximate surface area is 149 Å². The van der Waals surface area contributed by atoms with Gasteiger partial charge < -0.3 is 9.15 Å². The van der Waals surface area contributed by atoms with Crippen LogP contribution in [0.4, 0.5) is 16.5 Å². The Morgan fingerprint density at radius 3 is 2.42 bits per heavy atom. The number of hydrogen-bond acceptors (Lipinski definition) is 6. The highest BCUT2D eigenvalue weighted by Crippen LogP contribution is 2.19. The molecule has 1 heterocycles. The van der Waals surface area contributed by atoms with E-state index in [9.17, 15) is 9.59 Å². The van der Waals surface area contributed by atoms with Crippen molar-refractivity contribution in [1.29, 1.82) is 0 Å². The number of nitrogens with one attached hydrogen (secondary N) is 2. The van der Waals surface area contributed by atoms with E-state index in [2.05, 4.69) is 20.8 Å². The van der Waals surface area contributed by atoms with E-state index in [0.29, 0.717) is 17.1 Å². The van der Waals surface area contributed by atoms with Crippen LogP contribution in [-0.4, -0.2) is 28.8 Å². The van der Waals surface area contributed by atoms with Crippen molar-refractivity contribution < 1.29 is 18.7 Å². The van der Waals surface area contributed by atoms with Gasteiger partial charge in [-0.1, -0.05) is 23.3 Å². The summed E-state index contributed by atoms with van der Waals surface area (Å²) in [6, 6.07) is 15.5. The lowest BCUT2D eigenvalue weighted by molar-refractivity contribution is 0.102. The molecule has 0 saturated heterocycles. The number of nitrogens with zero attached hydrogens (tertiary/aromatic N) is 2. The number of aromatic nitrogens is 2. The first-order valence-electron chi connectivity index (χ1n) is 7.90. The summed E-state index contributed by atoms with van der Waals surface area (Å²) < 4.78 is 10.2. The zero-order chi connectivity index (χ0) is 18.4. The maximum Gasteiger partial charge on any atom is 0.411 e. The lowest BCUT2D eigenvalue weighted by atomic mass is 10.2. The summed E-state index contributed by atoms with van der Waals surface area (Å²) >= 11 is 0. The summed E-state index contributed by atoms with van der Waals surface area (Å²) in [6.45, 7) is 2.00. The summed E-state index contributed by atoms with van der Waals surface area (Å²) in [4.78, 5) is 23.6. The normalized spacial score (nSPS) is 10.2. The molecular weight excluding hydrogens is 336 g/mol. The molecule has 0 bridgehead atoms. The molecule has 1 aromatic heterocycles. The molecule has 0 saturated carbocycles. The van der Waals surface area contributed by atoms with Crippen LogP contribution in [0.5, 0.6) is 0 Å². The number of hydrogen-bond donors (Lipinski definition) is 2.